The van der Waals surface area contributed by atoms with E-state index in [0.29, 0.717) is 5.69 Å². The van der Waals surface area contributed by atoms with Crippen LogP contribution in [0.4, 0.5) is 10.1 Å². The van der Waals surface area contributed by atoms with E-state index in [-0.39, 0.29) is 30.5 Å². The lowest BCUT2D eigenvalue weighted by molar-refractivity contribution is -0.119. The summed E-state index contributed by atoms with van der Waals surface area (Å²) in [5.74, 6) is -1.07. The van der Waals surface area contributed by atoms with Crippen LogP contribution in [0.1, 0.15) is 16.1 Å². The summed E-state index contributed by atoms with van der Waals surface area (Å²) in [6, 6.07) is 14.7. The molecule has 0 aliphatic carbocycles. The number of hydrogen-bond acceptors (Lipinski definition) is 5. The van der Waals surface area contributed by atoms with Gasteiger partial charge in [0.1, 0.15) is 12.4 Å². The summed E-state index contributed by atoms with van der Waals surface area (Å²) in [7, 11) is 0. The second-order valence-corrected chi connectivity index (χ2v) is 6.03. The average molecular weight is 370 g/mol. The zero-order valence-electron chi connectivity index (χ0n) is 13.6. The molecule has 0 bridgehead atoms. The Balaban J connectivity index is 1.70. The maximum absolute atomic E-state index is 12.9. The lowest BCUT2D eigenvalue weighted by Gasteiger charge is -2.21. The van der Waals surface area contributed by atoms with Crippen molar-refractivity contribution in [2.75, 3.05) is 11.4 Å². The van der Waals surface area contributed by atoms with Gasteiger partial charge in [0.05, 0.1) is 0 Å². The topological polar surface area (TPSA) is 75.2 Å². The molecule has 0 fully saturated rings. The van der Waals surface area contributed by atoms with Gasteiger partial charge in [-0.25, -0.2) is 4.39 Å². The van der Waals surface area contributed by atoms with Gasteiger partial charge in [-0.05, 0) is 41.4 Å². The van der Waals surface area contributed by atoms with Crippen molar-refractivity contribution in [3.05, 3.63) is 77.1 Å². The van der Waals surface area contributed by atoms with Gasteiger partial charge in [0.25, 0.3) is 5.91 Å². The molecule has 2 amide bonds. The van der Waals surface area contributed by atoms with E-state index in [1.165, 1.54) is 22.4 Å². The Bertz CT molecular complexity index is 870. The molecule has 0 radical (unpaired) electrons. The van der Waals surface area contributed by atoms with E-state index in [1.54, 1.807) is 36.4 Å². The fourth-order valence-electron chi connectivity index (χ4n) is 2.29. The monoisotopic (exact) mass is 370 g/mol. The van der Waals surface area contributed by atoms with Gasteiger partial charge in [-0.1, -0.05) is 34.8 Å². The highest BCUT2D eigenvalue weighted by atomic mass is 32.1. The van der Waals surface area contributed by atoms with Crippen molar-refractivity contribution in [2.24, 2.45) is 0 Å². The number of para-hydroxylation sites is 1. The molecule has 26 heavy (non-hydrogen) atoms. The maximum Gasteiger partial charge on any atom is 0.280 e. The van der Waals surface area contributed by atoms with E-state index in [4.69, 9.17) is 0 Å². The van der Waals surface area contributed by atoms with Crippen molar-refractivity contribution in [3.63, 3.8) is 0 Å². The van der Waals surface area contributed by atoms with Gasteiger partial charge in [-0.3, -0.25) is 14.5 Å². The van der Waals surface area contributed by atoms with Gasteiger partial charge in [-0.2, -0.15) is 0 Å². The summed E-state index contributed by atoms with van der Waals surface area (Å²) < 4.78 is 16.6. The molecular weight excluding hydrogens is 355 g/mol. The van der Waals surface area contributed by atoms with E-state index in [9.17, 15) is 14.0 Å². The van der Waals surface area contributed by atoms with Gasteiger partial charge < -0.3 is 5.32 Å². The van der Waals surface area contributed by atoms with Gasteiger partial charge in [0, 0.05) is 17.6 Å². The number of anilines is 1. The molecule has 1 aromatic heterocycles. The summed E-state index contributed by atoms with van der Waals surface area (Å²) in [4.78, 5) is 26.3. The SMILES string of the molecule is O=C(CN(C(=O)c1csnn1)c1ccccc1)NCc1ccc(F)cc1. The zero-order valence-corrected chi connectivity index (χ0v) is 14.4. The number of amides is 2. The first-order chi connectivity index (χ1) is 12.6. The third-order valence-corrected chi connectivity index (χ3v) is 4.10. The first kappa shape index (κ1) is 17.7. The number of nitrogens with one attached hydrogen (secondary N) is 1. The van der Waals surface area contributed by atoms with E-state index in [0.717, 1.165) is 17.1 Å². The molecule has 2 aromatic carbocycles. The lowest BCUT2D eigenvalue weighted by atomic mass is 10.2. The van der Waals surface area contributed by atoms with Crippen LogP contribution in [0.5, 0.6) is 0 Å². The summed E-state index contributed by atoms with van der Waals surface area (Å²) >= 11 is 1.07. The third-order valence-electron chi connectivity index (χ3n) is 3.60. The second-order valence-electron chi connectivity index (χ2n) is 5.42. The Morgan fingerprint density at radius 1 is 1.08 bits per heavy atom. The van der Waals surface area contributed by atoms with Gasteiger partial charge in [-0.15, -0.1) is 5.10 Å². The Morgan fingerprint density at radius 2 is 1.81 bits per heavy atom. The molecule has 0 unspecified atom stereocenters. The normalized spacial score (nSPS) is 10.3. The van der Waals surface area contributed by atoms with Crippen LogP contribution >= 0.6 is 11.5 Å². The van der Waals surface area contributed by atoms with Crippen LogP contribution in [0.25, 0.3) is 0 Å². The quantitative estimate of drug-likeness (QED) is 0.724. The molecule has 6 nitrogen and oxygen atoms in total. The summed E-state index contributed by atoms with van der Waals surface area (Å²) in [6.45, 7) is 0.0791. The number of hydrogen-bond donors (Lipinski definition) is 1. The molecule has 1 N–H and O–H groups in total. The number of benzene rings is 2. The van der Waals surface area contributed by atoms with Crippen LogP contribution < -0.4 is 10.2 Å². The van der Waals surface area contributed by atoms with Crippen molar-refractivity contribution in [2.45, 2.75) is 6.54 Å². The van der Waals surface area contributed by atoms with E-state index in [2.05, 4.69) is 14.9 Å². The molecule has 1 heterocycles. The van der Waals surface area contributed by atoms with Crippen molar-refractivity contribution < 1.29 is 14.0 Å². The number of rotatable bonds is 6. The van der Waals surface area contributed by atoms with Crippen molar-refractivity contribution in [3.8, 4) is 0 Å². The predicted molar refractivity (Wildman–Crippen MR) is 96.3 cm³/mol. The number of carbonyl (C=O) groups excluding carboxylic acids is 2. The first-order valence-electron chi connectivity index (χ1n) is 7.78. The van der Waals surface area contributed by atoms with E-state index >= 15 is 0 Å². The number of aromatic nitrogens is 2. The Labute approximate surface area is 153 Å². The van der Waals surface area contributed by atoms with Crippen molar-refractivity contribution in [1.29, 1.82) is 0 Å². The van der Waals surface area contributed by atoms with Crippen LogP contribution in [0, 0.1) is 5.82 Å². The Hall–Kier alpha value is -3.13. The minimum absolute atomic E-state index is 0.165. The second kappa shape index (κ2) is 8.30. The molecular formula is C18H15FN4O2S. The number of carbonyl (C=O) groups is 2. The van der Waals surface area contributed by atoms with Gasteiger partial charge >= 0.3 is 0 Å². The molecule has 8 heteroatoms. The molecule has 0 aliphatic rings. The third kappa shape index (κ3) is 4.48. The molecule has 3 aromatic rings. The van der Waals surface area contributed by atoms with Crippen LogP contribution in [0.2, 0.25) is 0 Å². The van der Waals surface area contributed by atoms with Crippen LogP contribution in [0.15, 0.2) is 60.0 Å². The molecule has 0 atom stereocenters. The molecule has 0 aliphatic heterocycles. The molecule has 0 saturated heterocycles. The van der Waals surface area contributed by atoms with Crippen molar-refractivity contribution in [1.82, 2.24) is 14.9 Å². The minimum Gasteiger partial charge on any atom is -0.350 e. The summed E-state index contributed by atoms with van der Waals surface area (Å²) in [5.41, 5.74) is 1.54. The molecule has 132 valence electrons. The fourth-order valence-corrected chi connectivity index (χ4v) is 2.72. The molecule has 0 spiro atoms. The highest BCUT2D eigenvalue weighted by molar-refractivity contribution is 7.03. The fraction of sp³-hybridized carbons (Fsp3) is 0.111. The minimum atomic E-state index is -0.401. The molecule has 3 rings (SSSR count). The summed E-state index contributed by atoms with van der Waals surface area (Å²) in [5, 5.41) is 8.05. The number of halogens is 1. The smallest absolute Gasteiger partial charge is 0.280 e. The Morgan fingerprint density at radius 3 is 2.46 bits per heavy atom. The van der Waals surface area contributed by atoms with E-state index in [1.807, 2.05) is 6.07 Å². The lowest BCUT2D eigenvalue weighted by Crippen LogP contribution is -2.40. The van der Waals surface area contributed by atoms with E-state index < -0.39 is 5.91 Å². The maximum atomic E-state index is 12.9. The van der Waals surface area contributed by atoms with Crippen LogP contribution in [-0.2, 0) is 11.3 Å². The van der Waals surface area contributed by atoms with Gasteiger partial charge in [0.2, 0.25) is 5.91 Å². The van der Waals surface area contributed by atoms with Crippen molar-refractivity contribution >= 4 is 29.0 Å². The average Bonchev–Trinajstić information content (AvgIpc) is 3.21. The van der Waals surface area contributed by atoms with Crippen LogP contribution in [0.3, 0.4) is 0 Å². The summed E-state index contributed by atoms with van der Waals surface area (Å²) in [6.07, 6.45) is 0. The van der Waals surface area contributed by atoms with Crippen LogP contribution in [-0.4, -0.2) is 27.9 Å². The standard InChI is InChI=1S/C18H15FN4O2S/c19-14-8-6-13(7-9-14)10-20-17(24)11-23(15-4-2-1-3-5-15)18(25)16-12-26-22-21-16/h1-9,12H,10-11H2,(H,20,24). The highest BCUT2D eigenvalue weighted by Crippen LogP contribution is 2.16. The highest BCUT2D eigenvalue weighted by Gasteiger charge is 2.22. The predicted octanol–water partition coefficient (Wildman–Crippen LogP) is 2.64. The zero-order chi connectivity index (χ0) is 18.4. The largest absolute Gasteiger partial charge is 0.350 e. The van der Waals surface area contributed by atoms with Gasteiger partial charge in [0.15, 0.2) is 5.69 Å². The number of nitrogens with zero attached hydrogens (tertiary/aromatic N) is 3. The Kier molecular flexibility index (Phi) is 5.65. The molecule has 0 saturated carbocycles. The first-order valence-corrected chi connectivity index (χ1v) is 8.62.